The van der Waals surface area contributed by atoms with Crippen LogP contribution in [0.2, 0.25) is 0 Å². The maximum Gasteiger partial charge on any atom is 0.285 e. The van der Waals surface area contributed by atoms with Gasteiger partial charge in [-0.2, -0.15) is 13.9 Å². The van der Waals surface area contributed by atoms with E-state index >= 15 is 0 Å². The average Bonchev–Trinajstić information content (AvgIpc) is 3.48. The number of aromatic nitrogens is 3. The zero-order valence-electron chi connectivity index (χ0n) is 18.2. The number of hydrogen-bond donors (Lipinski definition) is 0. The summed E-state index contributed by atoms with van der Waals surface area (Å²) in [5, 5.41) is 4.42. The van der Waals surface area contributed by atoms with Crippen molar-refractivity contribution in [2.45, 2.75) is 23.7 Å². The predicted octanol–water partition coefficient (Wildman–Crippen LogP) is 4.99. The molecule has 5 rings (SSSR count). The molecule has 1 saturated heterocycles. The van der Waals surface area contributed by atoms with E-state index in [0.717, 1.165) is 53.1 Å². The zero-order chi connectivity index (χ0) is 23.0. The van der Waals surface area contributed by atoms with Crippen molar-refractivity contribution in [3.63, 3.8) is 0 Å². The average molecular weight is 467 g/mol. The van der Waals surface area contributed by atoms with Crippen molar-refractivity contribution in [3.05, 3.63) is 72.7 Å². The van der Waals surface area contributed by atoms with Crippen molar-refractivity contribution in [2.24, 2.45) is 0 Å². The minimum Gasteiger partial charge on any atom is -0.297 e. The molecule has 0 saturated carbocycles. The number of rotatable bonds is 6. The van der Waals surface area contributed by atoms with Crippen LogP contribution in [0.15, 0.2) is 72.0 Å². The molecule has 1 aliphatic heterocycles. The summed E-state index contributed by atoms with van der Waals surface area (Å²) in [5.41, 5.74) is 4.02. The summed E-state index contributed by atoms with van der Waals surface area (Å²) in [6.45, 7) is 1.25. The lowest BCUT2D eigenvalue weighted by Crippen LogP contribution is -2.33. The summed E-state index contributed by atoms with van der Waals surface area (Å²) in [6.07, 6.45) is 8.91. The largest absolute Gasteiger partial charge is 0.297 e. The van der Waals surface area contributed by atoms with Gasteiger partial charge in [0.05, 0.1) is 12.7 Å². The van der Waals surface area contributed by atoms with Crippen LogP contribution in [0.4, 0.5) is 8.78 Å². The quantitative estimate of drug-likeness (QED) is 0.402. The second kappa shape index (κ2) is 8.76. The van der Waals surface area contributed by atoms with Crippen molar-refractivity contribution in [1.29, 1.82) is 0 Å². The maximum atomic E-state index is 14.7. The number of likely N-dealkylation sites (tertiary alicyclic amines) is 1. The maximum absolute atomic E-state index is 14.7. The van der Waals surface area contributed by atoms with Gasteiger partial charge in [-0.25, -0.2) is 9.50 Å². The highest BCUT2D eigenvalue weighted by Gasteiger charge is 2.34. The highest BCUT2D eigenvalue weighted by atomic mass is 32.2. The summed E-state index contributed by atoms with van der Waals surface area (Å²) >= 11 is 0. The van der Waals surface area contributed by atoms with E-state index in [1.54, 1.807) is 35.3 Å². The molecular formula is C25H24F2N4OS. The van der Waals surface area contributed by atoms with Gasteiger partial charge in [-0.1, -0.05) is 36.4 Å². The van der Waals surface area contributed by atoms with Crippen LogP contribution in [0.3, 0.4) is 0 Å². The van der Waals surface area contributed by atoms with Gasteiger partial charge in [-0.05, 0) is 49.2 Å². The summed E-state index contributed by atoms with van der Waals surface area (Å²) in [7, 11) is -1.08. The summed E-state index contributed by atoms with van der Waals surface area (Å²) in [6, 6.07) is 13.9. The molecule has 4 aromatic rings. The molecule has 3 heterocycles. The van der Waals surface area contributed by atoms with E-state index in [0.29, 0.717) is 5.65 Å². The Labute approximate surface area is 193 Å². The van der Waals surface area contributed by atoms with Crippen molar-refractivity contribution in [1.82, 2.24) is 19.5 Å². The van der Waals surface area contributed by atoms with Crippen LogP contribution >= 0.6 is 0 Å². The Morgan fingerprint density at radius 3 is 2.48 bits per heavy atom. The van der Waals surface area contributed by atoms with Crippen LogP contribution in [-0.2, 0) is 16.7 Å². The van der Waals surface area contributed by atoms with Crippen LogP contribution in [-0.4, -0.2) is 49.6 Å². The minimum absolute atomic E-state index is 0.0294. The van der Waals surface area contributed by atoms with Crippen molar-refractivity contribution in [3.8, 4) is 22.3 Å². The lowest BCUT2D eigenvalue weighted by Gasteiger charge is -2.23. The number of fused-ring (bicyclic) bond motifs is 1. The van der Waals surface area contributed by atoms with Crippen molar-refractivity contribution < 1.29 is 13.0 Å². The van der Waals surface area contributed by atoms with Gasteiger partial charge in [0, 0.05) is 51.0 Å². The first-order chi connectivity index (χ1) is 15.9. The van der Waals surface area contributed by atoms with Crippen molar-refractivity contribution >= 4 is 16.4 Å². The second-order valence-corrected chi connectivity index (χ2v) is 9.80. The van der Waals surface area contributed by atoms with E-state index in [4.69, 9.17) is 0 Å². The summed E-state index contributed by atoms with van der Waals surface area (Å²) in [5.74, 6) is -2.88. The highest BCUT2D eigenvalue weighted by Crippen LogP contribution is 2.32. The third-order valence-corrected chi connectivity index (χ3v) is 7.01. The lowest BCUT2D eigenvalue weighted by atomic mass is 10.0. The first-order valence-electron chi connectivity index (χ1n) is 10.9. The molecule has 2 aromatic heterocycles. The fourth-order valence-corrected chi connectivity index (χ4v) is 4.85. The number of nitrogens with zero attached hydrogens (tertiary/aromatic N) is 4. The molecule has 0 N–H and O–H groups in total. The fraction of sp³-hybridized carbons (Fsp3) is 0.280. The Morgan fingerprint density at radius 2 is 1.76 bits per heavy atom. The van der Waals surface area contributed by atoms with Crippen molar-refractivity contribution in [2.75, 3.05) is 25.9 Å². The van der Waals surface area contributed by atoms with E-state index in [1.807, 2.05) is 35.4 Å². The highest BCUT2D eigenvalue weighted by molar-refractivity contribution is 7.84. The SMILES string of the molecule is CS(=O)c1cccc(-c2cnn3cc(-c4ccc(C(F)(F)CN5CCCC5)cc4)cnc23)c1. The molecule has 1 aliphatic rings. The molecule has 0 radical (unpaired) electrons. The molecule has 33 heavy (non-hydrogen) atoms. The van der Waals surface area contributed by atoms with E-state index < -0.39 is 16.7 Å². The molecule has 8 heteroatoms. The van der Waals surface area contributed by atoms with E-state index in [1.165, 1.54) is 12.1 Å². The Morgan fingerprint density at radius 1 is 1.00 bits per heavy atom. The normalized spacial score (nSPS) is 15.8. The molecule has 0 aliphatic carbocycles. The third-order valence-electron chi connectivity index (χ3n) is 6.09. The predicted molar refractivity (Wildman–Crippen MR) is 126 cm³/mol. The first kappa shape index (κ1) is 21.9. The Kier molecular flexibility index (Phi) is 5.80. The van der Waals surface area contributed by atoms with Gasteiger partial charge in [0.2, 0.25) is 0 Å². The van der Waals surface area contributed by atoms with Gasteiger partial charge in [0.15, 0.2) is 5.65 Å². The lowest BCUT2D eigenvalue weighted by molar-refractivity contribution is -0.0327. The molecule has 2 aromatic carbocycles. The second-order valence-electron chi connectivity index (χ2n) is 8.42. The monoisotopic (exact) mass is 466 g/mol. The fourth-order valence-electron chi connectivity index (χ4n) is 4.29. The molecule has 170 valence electrons. The molecule has 5 nitrogen and oxygen atoms in total. The van der Waals surface area contributed by atoms with Gasteiger partial charge in [0.25, 0.3) is 5.92 Å². The summed E-state index contributed by atoms with van der Waals surface area (Å²) in [4.78, 5) is 7.15. The Balaban J connectivity index is 1.40. The van der Waals surface area contributed by atoms with Gasteiger partial charge in [-0.3, -0.25) is 9.11 Å². The molecule has 1 unspecified atom stereocenters. The van der Waals surface area contributed by atoms with Gasteiger partial charge < -0.3 is 0 Å². The van der Waals surface area contributed by atoms with Crippen LogP contribution in [0.25, 0.3) is 27.9 Å². The van der Waals surface area contributed by atoms with Crippen LogP contribution in [0.5, 0.6) is 0 Å². The van der Waals surface area contributed by atoms with E-state index in [-0.39, 0.29) is 12.1 Å². The number of halogens is 2. The van der Waals surface area contributed by atoms with Crippen LogP contribution in [0.1, 0.15) is 18.4 Å². The van der Waals surface area contributed by atoms with E-state index in [9.17, 15) is 13.0 Å². The van der Waals surface area contributed by atoms with Gasteiger partial charge in [-0.15, -0.1) is 0 Å². The third kappa shape index (κ3) is 4.45. The van der Waals surface area contributed by atoms with Crippen LogP contribution < -0.4 is 0 Å². The molecule has 1 atom stereocenters. The molecule has 0 amide bonds. The topological polar surface area (TPSA) is 50.5 Å². The molecule has 0 bridgehead atoms. The smallest absolute Gasteiger partial charge is 0.285 e. The molecule has 1 fully saturated rings. The number of benzene rings is 2. The van der Waals surface area contributed by atoms with Gasteiger partial charge in [0.1, 0.15) is 0 Å². The number of hydrogen-bond acceptors (Lipinski definition) is 4. The Hall–Kier alpha value is -2.97. The van der Waals surface area contributed by atoms with Gasteiger partial charge >= 0.3 is 0 Å². The Bertz CT molecular complexity index is 1310. The first-order valence-corrected chi connectivity index (χ1v) is 12.4. The molecule has 0 spiro atoms. The van der Waals surface area contributed by atoms with E-state index in [2.05, 4.69) is 10.1 Å². The molecular weight excluding hydrogens is 442 g/mol. The standard InChI is InChI=1S/C25H24F2N4OS/c1-33(32)22-6-4-5-19(13-22)23-15-29-31-16-20(14-28-24(23)31)18-7-9-21(10-8-18)25(26,27)17-30-11-2-3-12-30/h4-10,13-16H,2-3,11-12,17H2,1H3. The number of alkyl halides is 2. The summed E-state index contributed by atoms with van der Waals surface area (Å²) < 4.78 is 42.9. The van der Waals surface area contributed by atoms with Crippen LogP contribution in [0, 0.1) is 0 Å². The zero-order valence-corrected chi connectivity index (χ0v) is 19.1. The minimum atomic E-state index is -2.88.